The molecule has 0 bridgehead atoms. The fourth-order valence-corrected chi connectivity index (χ4v) is 3.38. The van der Waals surface area contributed by atoms with Crippen molar-refractivity contribution < 1.29 is 0 Å². The molecular weight excluding hydrogens is 254 g/mol. The molecule has 1 heteroatoms. The molecule has 118 valence electrons. The first kappa shape index (κ1) is 16.4. The molecule has 0 spiro atoms. The highest BCUT2D eigenvalue weighted by Gasteiger charge is 2.06. The quantitative estimate of drug-likeness (QED) is 0.595. The second-order valence-corrected chi connectivity index (χ2v) is 6.57. The SMILES string of the molecule is c1ccc(N2CCCCCCCCCCCCCC2)cc1. The Morgan fingerprint density at radius 2 is 0.857 bits per heavy atom. The van der Waals surface area contributed by atoms with Gasteiger partial charge in [-0.15, -0.1) is 0 Å². The van der Waals surface area contributed by atoms with Gasteiger partial charge in [-0.25, -0.2) is 0 Å². The predicted molar refractivity (Wildman–Crippen MR) is 94.1 cm³/mol. The average Bonchev–Trinajstić information content (AvgIpc) is 2.54. The summed E-state index contributed by atoms with van der Waals surface area (Å²) in [4.78, 5) is 2.61. The largest absolute Gasteiger partial charge is 0.372 e. The molecule has 2 rings (SSSR count). The Morgan fingerprint density at radius 3 is 1.29 bits per heavy atom. The van der Waals surface area contributed by atoms with Gasteiger partial charge in [0.25, 0.3) is 0 Å². The maximum Gasteiger partial charge on any atom is 0.0366 e. The molecule has 1 nitrogen and oxygen atoms in total. The van der Waals surface area contributed by atoms with Crippen LogP contribution in [0.3, 0.4) is 0 Å². The molecule has 0 unspecified atom stereocenters. The number of hydrogen-bond acceptors (Lipinski definition) is 1. The highest BCUT2D eigenvalue weighted by molar-refractivity contribution is 5.45. The molecule has 0 amide bonds. The van der Waals surface area contributed by atoms with Gasteiger partial charge in [0.15, 0.2) is 0 Å². The summed E-state index contributed by atoms with van der Waals surface area (Å²) >= 11 is 0. The second-order valence-electron chi connectivity index (χ2n) is 6.57. The van der Waals surface area contributed by atoms with Gasteiger partial charge in [-0.05, 0) is 25.0 Å². The molecule has 1 aromatic carbocycles. The molecule has 0 aromatic heterocycles. The number of benzene rings is 1. The van der Waals surface area contributed by atoms with E-state index in [-0.39, 0.29) is 0 Å². The zero-order valence-corrected chi connectivity index (χ0v) is 13.7. The smallest absolute Gasteiger partial charge is 0.0366 e. The van der Waals surface area contributed by atoms with Crippen molar-refractivity contribution in [1.82, 2.24) is 0 Å². The lowest BCUT2D eigenvalue weighted by atomic mass is 10.1. The molecule has 1 saturated heterocycles. The normalized spacial score (nSPS) is 20.5. The number of anilines is 1. The van der Waals surface area contributed by atoms with Crippen LogP contribution in [0.25, 0.3) is 0 Å². The third-order valence-corrected chi connectivity index (χ3v) is 4.73. The van der Waals surface area contributed by atoms with Gasteiger partial charge in [0.2, 0.25) is 0 Å². The number of rotatable bonds is 1. The van der Waals surface area contributed by atoms with Crippen molar-refractivity contribution in [1.29, 1.82) is 0 Å². The van der Waals surface area contributed by atoms with E-state index in [0.29, 0.717) is 0 Å². The third-order valence-electron chi connectivity index (χ3n) is 4.73. The standard InChI is InChI=1S/C20H33N/c1-2-4-6-8-10-15-19-21(18-14-9-7-5-3-1)20-16-12-11-13-17-20/h11-13,16-17H,1-10,14-15,18-19H2. The lowest BCUT2D eigenvalue weighted by Gasteiger charge is -2.25. The summed E-state index contributed by atoms with van der Waals surface area (Å²) in [6, 6.07) is 11.0. The lowest BCUT2D eigenvalue weighted by Crippen LogP contribution is -2.25. The van der Waals surface area contributed by atoms with Gasteiger partial charge in [0.05, 0.1) is 0 Å². The summed E-state index contributed by atoms with van der Waals surface area (Å²) in [5.41, 5.74) is 1.42. The molecule has 0 atom stereocenters. The molecule has 0 aliphatic carbocycles. The minimum absolute atomic E-state index is 1.24. The van der Waals surface area contributed by atoms with Gasteiger partial charge in [0.1, 0.15) is 0 Å². The van der Waals surface area contributed by atoms with Gasteiger partial charge in [-0.3, -0.25) is 0 Å². The zero-order valence-electron chi connectivity index (χ0n) is 13.7. The first-order valence-electron chi connectivity index (χ1n) is 9.27. The Morgan fingerprint density at radius 1 is 0.476 bits per heavy atom. The molecule has 0 saturated carbocycles. The molecule has 0 N–H and O–H groups in total. The van der Waals surface area contributed by atoms with Crippen LogP contribution in [0.4, 0.5) is 5.69 Å². The van der Waals surface area contributed by atoms with Gasteiger partial charge in [0, 0.05) is 18.8 Å². The molecule has 1 aromatic rings. The fourth-order valence-electron chi connectivity index (χ4n) is 3.38. The van der Waals surface area contributed by atoms with Gasteiger partial charge < -0.3 is 4.90 Å². The summed E-state index contributed by atoms with van der Waals surface area (Å²) in [7, 11) is 0. The molecule has 1 fully saturated rings. The highest BCUT2D eigenvalue weighted by atomic mass is 15.1. The van der Waals surface area contributed by atoms with E-state index in [1.807, 2.05) is 0 Å². The number of para-hydroxylation sites is 1. The van der Waals surface area contributed by atoms with Crippen molar-refractivity contribution in [2.24, 2.45) is 0 Å². The summed E-state index contributed by atoms with van der Waals surface area (Å²) in [5.74, 6) is 0. The van der Waals surface area contributed by atoms with Crippen molar-refractivity contribution in [3.05, 3.63) is 30.3 Å². The Hall–Kier alpha value is -0.980. The van der Waals surface area contributed by atoms with Crippen LogP contribution in [0.5, 0.6) is 0 Å². The molecule has 1 heterocycles. The van der Waals surface area contributed by atoms with Crippen LogP contribution in [0.1, 0.15) is 77.0 Å². The van der Waals surface area contributed by atoms with E-state index in [4.69, 9.17) is 0 Å². The van der Waals surface area contributed by atoms with Crippen LogP contribution in [-0.4, -0.2) is 13.1 Å². The second kappa shape index (κ2) is 10.7. The van der Waals surface area contributed by atoms with Crippen molar-refractivity contribution >= 4 is 5.69 Å². The van der Waals surface area contributed by atoms with Crippen molar-refractivity contribution in [2.75, 3.05) is 18.0 Å². The monoisotopic (exact) mass is 287 g/mol. The Kier molecular flexibility index (Phi) is 8.36. The summed E-state index contributed by atoms with van der Waals surface area (Å²) in [6.45, 7) is 2.48. The van der Waals surface area contributed by atoms with E-state index in [0.717, 1.165) is 0 Å². The Bertz CT molecular complexity index is 330. The van der Waals surface area contributed by atoms with E-state index in [1.54, 1.807) is 0 Å². The van der Waals surface area contributed by atoms with Crippen LogP contribution >= 0.6 is 0 Å². The predicted octanol–water partition coefficient (Wildman–Crippen LogP) is 6.19. The van der Waals surface area contributed by atoms with Gasteiger partial charge in [-0.1, -0.05) is 82.4 Å². The van der Waals surface area contributed by atoms with Gasteiger partial charge >= 0.3 is 0 Å². The van der Waals surface area contributed by atoms with Crippen LogP contribution < -0.4 is 4.90 Å². The molecule has 0 radical (unpaired) electrons. The average molecular weight is 287 g/mol. The zero-order chi connectivity index (χ0) is 14.6. The van der Waals surface area contributed by atoms with Crippen LogP contribution in [0, 0.1) is 0 Å². The highest BCUT2D eigenvalue weighted by Crippen LogP contribution is 2.18. The minimum atomic E-state index is 1.24. The van der Waals surface area contributed by atoms with Crippen molar-refractivity contribution in [3.8, 4) is 0 Å². The Balaban J connectivity index is 1.83. The third kappa shape index (κ3) is 7.02. The van der Waals surface area contributed by atoms with Crippen LogP contribution in [0.15, 0.2) is 30.3 Å². The summed E-state index contributed by atoms with van der Waals surface area (Å²) in [5, 5.41) is 0. The molecule has 21 heavy (non-hydrogen) atoms. The van der Waals surface area contributed by atoms with E-state index in [2.05, 4.69) is 35.2 Å². The number of nitrogens with zero attached hydrogens (tertiary/aromatic N) is 1. The van der Waals surface area contributed by atoms with E-state index >= 15 is 0 Å². The molecule has 1 aliphatic heterocycles. The Labute approximate surface area is 131 Å². The fraction of sp³-hybridized carbons (Fsp3) is 0.700. The summed E-state index contributed by atoms with van der Waals surface area (Å²) < 4.78 is 0. The van der Waals surface area contributed by atoms with E-state index in [1.165, 1.54) is 95.8 Å². The van der Waals surface area contributed by atoms with Gasteiger partial charge in [-0.2, -0.15) is 0 Å². The minimum Gasteiger partial charge on any atom is -0.372 e. The first-order valence-corrected chi connectivity index (χ1v) is 9.27. The van der Waals surface area contributed by atoms with E-state index < -0.39 is 0 Å². The van der Waals surface area contributed by atoms with Crippen molar-refractivity contribution in [2.45, 2.75) is 77.0 Å². The topological polar surface area (TPSA) is 3.24 Å². The lowest BCUT2D eigenvalue weighted by molar-refractivity contribution is 0.550. The van der Waals surface area contributed by atoms with Crippen LogP contribution in [0.2, 0.25) is 0 Å². The first-order chi connectivity index (χ1) is 10.5. The number of hydrogen-bond donors (Lipinski definition) is 0. The van der Waals surface area contributed by atoms with Crippen molar-refractivity contribution in [3.63, 3.8) is 0 Å². The molecule has 1 aliphatic rings. The van der Waals surface area contributed by atoms with E-state index in [9.17, 15) is 0 Å². The van der Waals surface area contributed by atoms with Crippen LogP contribution in [-0.2, 0) is 0 Å². The maximum absolute atomic E-state index is 2.61. The molecular formula is C20H33N. The summed E-state index contributed by atoms with van der Waals surface area (Å²) in [6.07, 6.45) is 17.1. The maximum atomic E-state index is 2.61.